The molecule has 1 aromatic carbocycles. The molecule has 1 rings (SSSR count). The fourth-order valence-electron chi connectivity index (χ4n) is 1.36. The number of aliphatic hydroxyl groups is 1. The van der Waals surface area contributed by atoms with Crippen LogP contribution in [0.1, 0.15) is 19.4 Å². The number of rotatable bonds is 8. The van der Waals surface area contributed by atoms with Gasteiger partial charge >= 0.3 is 0 Å². The van der Waals surface area contributed by atoms with Gasteiger partial charge < -0.3 is 14.7 Å². The van der Waals surface area contributed by atoms with E-state index in [1.54, 1.807) is 0 Å². The number of hydrogen-bond donors (Lipinski definition) is 2. The van der Waals surface area contributed by atoms with Crippen LogP contribution in [0.15, 0.2) is 24.3 Å². The molecule has 0 aliphatic carbocycles. The lowest BCUT2D eigenvalue weighted by molar-refractivity contribution is 0.00949. The van der Waals surface area contributed by atoms with E-state index in [-0.39, 0.29) is 6.61 Å². The molecule has 1 atom stereocenters. The van der Waals surface area contributed by atoms with Crippen molar-refractivity contribution in [1.29, 1.82) is 0 Å². The van der Waals surface area contributed by atoms with E-state index in [0.717, 1.165) is 12.2 Å². The number of hydrogen-bond acceptors (Lipinski definition) is 4. The highest BCUT2D eigenvalue weighted by Gasteiger charge is 2.05. The first-order valence-corrected chi connectivity index (χ1v) is 6.00. The van der Waals surface area contributed by atoms with Gasteiger partial charge in [0.05, 0.1) is 13.2 Å². The second-order valence-electron chi connectivity index (χ2n) is 3.75. The minimum absolute atomic E-state index is 0.257. The van der Waals surface area contributed by atoms with Crippen LogP contribution in [0, 0.1) is 0 Å². The Morgan fingerprint density at radius 3 is 2.88 bits per heavy atom. The van der Waals surface area contributed by atoms with E-state index in [1.807, 2.05) is 25.1 Å². The first-order chi connectivity index (χ1) is 8.26. The lowest BCUT2D eigenvalue weighted by atomic mass is 10.2. The predicted octanol–water partition coefficient (Wildman–Crippen LogP) is 1.53. The molecule has 4 nitrogen and oxygen atoms in total. The van der Waals surface area contributed by atoms with Crippen LogP contribution in [0.2, 0.25) is 0 Å². The first-order valence-electron chi connectivity index (χ1n) is 6.00. The van der Waals surface area contributed by atoms with Crippen molar-refractivity contribution in [3.63, 3.8) is 0 Å². The van der Waals surface area contributed by atoms with Gasteiger partial charge in [-0.25, -0.2) is 0 Å². The van der Waals surface area contributed by atoms with Crippen molar-refractivity contribution < 1.29 is 14.7 Å². The quantitative estimate of drug-likeness (QED) is 0.533. The molecule has 0 saturated heterocycles. The van der Waals surface area contributed by atoms with Gasteiger partial charge in [0.1, 0.15) is 18.5 Å². The zero-order valence-corrected chi connectivity index (χ0v) is 10.5. The van der Waals surface area contributed by atoms with Gasteiger partial charge in [-0.2, -0.15) is 5.48 Å². The van der Waals surface area contributed by atoms with Crippen LogP contribution in [0.5, 0.6) is 5.75 Å². The highest BCUT2D eigenvalue weighted by atomic mass is 16.6. The van der Waals surface area contributed by atoms with Gasteiger partial charge in [0.25, 0.3) is 0 Å². The van der Waals surface area contributed by atoms with Crippen LogP contribution in [0.25, 0.3) is 0 Å². The number of aliphatic hydroxyl groups excluding tert-OH is 1. The maximum Gasteiger partial charge on any atom is 0.119 e. The molecule has 0 aromatic heterocycles. The van der Waals surface area contributed by atoms with Crippen LogP contribution >= 0.6 is 0 Å². The van der Waals surface area contributed by atoms with Gasteiger partial charge in [-0.05, 0) is 31.0 Å². The van der Waals surface area contributed by atoms with Crippen molar-refractivity contribution in [1.82, 2.24) is 5.48 Å². The summed E-state index contributed by atoms with van der Waals surface area (Å²) in [5, 5.41) is 9.60. The summed E-state index contributed by atoms with van der Waals surface area (Å²) in [7, 11) is 0. The number of nitrogens with one attached hydrogen (secondary N) is 1. The molecular formula is C13H21NO3. The van der Waals surface area contributed by atoms with Crippen molar-refractivity contribution in [2.45, 2.75) is 26.4 Å². The lowest BCUT2D eigenvalue weighted by Crippen LogP contribution is -2.31. The molecule has 0 aliphatic rings. The summed E-state index contributed by atoms with van der Waals surface area (Å²) in [5.74, 6) is 0.791. The summed E-state index contributed by atoms with van der Waals surface area (Å²) in [6, 6.07) is 7.89. The highest BCUT2D eigenvalue weighted by molar-refractivity contribution is 5.28. The minimum atomic E-state index is -0.577. The molecule has 17 heavy (non-hydrogen) atoms. The van der Waals surface area contributed by atoms with Gasteiger partial charge in [-0.15, -0.1) is 0 Å². The normalized spacial score (nSPS) is 12.4. The molecule has 0 aliphatic heterocycles. The maximum absolute atomic E-state index is 9.60. The Hall–Kier alpha value is -1.10. The van der Waals surface area contributed by atoms with Crippen molar-refractivity contribution in [2.24, 2.45) is 0 Å². The van der Waals surface area contributed by atoms with Crippen LogP contribution in [-0.4, -0.2) is 31.0 Å². The molecule has 0 amide bonds. The highest BCUT2D eigenvalue weighted by Crippen LogP contribution is 2.13. The van der Waals surface area contributed by atoms with Crippen molar-refractivity contribution >= 4 is 0 Å². The van der Waals surface area contributed by atoms with Crippen molar-refractivity contribution in [2.75, 3.05) is 19.8 Å². The third-order valence-corrected chi connectivity index (χ3v) is 2.31. The summed E-state index contributed by atoms with van der Waals surface area (Å²) in [5.41, 5.74) is 3.89. The Bertz CT molecular complexity index is 317. The van der Waals surface area contributed by atoms with Crippen LogP contribution in [0.3, 0.4) is 0 Å². The summed E-state index contributed by atoms with van der Waals surface area (Å²) in [4.78, 5) is 4.93. The number of aryl methyl sites for hydroxylation is 1. The van der Waals surface area contributed by atoms with Gasteiger partial charge in [-0.3, -0.25) is 0 Å². The van der Waals surface area contributed by atoms with E-state index in [4.69, 9.17) is 9.57 Å². The van der Waals surface area contributed by atoms with Crippen LogP contribution in [0.4, 0.5) is 0 Å². The van der Waals surface area contributed by atoms with E-state index in [0.29, 0.717) is 13.2 Å². The Morgan fingerprint density at radius 1 is 1.35 bits per heavy atom. The summed E-state index contributed by atoms with van der Waals surface area (Å²) in [6.45, 7) is 5.17. The molecule has 0 radical (unpaired) electrons. The van der Waals surface area contributed by atoms with E-state index < -0.39 is 6.10 Å². The largest absolute Gasteiger partial charge is 0.491 e. The van der Waals surface area contributed by atoms with Crippen LogP contribution < -0.4 is 10.2 Å². The fraction of sp³-hybridized carbons (Fsp3) is 0.538. The summed E-state index contributed by atoms with van der Waals surface area (Å²) < 4.78 is 5.50. The molecule has 1 unspecified atom stereocenters. The molecule has 4 heteroatoms. The van der Waals surface area contributed by atoms with Crippen molar-refractivity contribution in [3.05, 3.63) is 29.8 Å². The summed E-state index contributed by atoms with van der Waals surface area (Å²) in [6.07, 6.45) is 0.401. The van der Waals surface area contributed by atoms with Gasteiger partial charge in [0.2, 0.25) is 0 Å². The van der Waals surface area contributed by atoms with Crippen molar-refractivity contribution in [3.8, 4) is 5.75 Å². The minimum Gasteiger partial charge on any atom is -0.491 e. The number of ether oxygens (including phenoxy) is 1. The predicted molar refractivity (Wildman–Crippen MR) is 67.0 cm³/mol. The fourth-order valence-corrected chi connectivity index (χ4v) is 1.36. The average molecular weight is 239 g/mol. The second kappa shape index (κ2) is 8.06. The van der Waals surface area contributed by atoms with E-state index in [1.165, 1.54) is 5.56 Å². The standard InChI is InChI=1S/C13H21NO3/c1-3-11-6-5-7-13(8-11)16-10-12(15)9-14-17-4-2/h5-8,12,14-15H,3-4,9-10H2,1-2H3. The molecule has 0 saturated carbocycles. The number of hydroxylamine groups is 1. The third-order valence-electron chi connectivity index (χ3n) is 2.31. The number of benzene rings is 1. The van der Waals surface area contributed by atoms with Gasteiger partial charge in [0, 0.05) is 0 Å². The zero-order valence-electron chi connectivity index (χ0n) is 10.5. The molecular weight excluding hydrogens is 218 g/mol. The Balaban J connectivity index is 2.28. The first kappa shape index (κ1) is 14.0. The Kier molecular flexibility index (Phi) is 6.62. The maximum atomic E-state index is 9.60. The lowest BCUT2D eigenvalue weighted by Gasteiger charge is -2.13. The topological polar surface area (TPSA) is 50.7 Å². The van der Waals surface area contributed by atoms with Crippen LogP contribution in [-0.2, 0) is 11.3 Å². The molecule has 0 fully saturated rings. The SMILES string of the molecule is CCONCC(O)COc1cccc(CC)c1. The van der Waals surface area contributed by atoms with E-state index in [9.17, 15) is 5.11 Å². The second-order valence-corrected chi connectivity index (χ2v) is 3.75. The third kappa shape index (κ3) is 5.68. The zero-order chi connectivity index (χ0) is 12.5. The molecule has 2 N–H and O–H groups in total. The Morgan fingerprint density at radius 2 is 2.18 bits per heavy atom. The molecule has 0 bridgehead atoms. The Labute approximate surface area is 103 Å². The summed E-state index contributed by atoms with van der Waals surface area (Å²) >= 11 is 0. The average Bonchev–Trinajstić information content (AvgIpc) is 2.37. The molecule has 96 valence electrons. The molecule has 1 aromatic rings. The van der Waals surface area contributed by atoms with E-state index >= 15 is 0 Å². The van der Waals surface area contributed by atoms with Gasteiger partial charge in [-0.1, -0.05) is 19.1 Å². The van der Waals surface area contributed by atoms with E-state index in [2.05, 4.69) is 18.5 Å². The monoisotopic (exact) mass is 239 g/mol. The molecule has 0 spiro atoms. The smallest absolute Gasteiger partial charge is 0.119 e. The van der Waals surface area contributed by atoms with Gasteiger partial charge in [0.15, 0.2) is 0 Å². The molecule has 0 heterocycles.